The van der Waals surface area contributed by atoms with Gasteiger partial charge in [-0.25, -0.2) is 0 Å². The lowest BCUT2D eigenvalue weighted by Crippen LogP contribution is -2.30. The molecule has 1 atom stereocenters. The molecule has 166 valence electrons. The smallest absolute Gasteiger partial charge is 0.261 e. The molecule has 3 aromatic rings. The second-order valence-corrected chi connectivity index (χ2v) is 10.4. The summed E-state index contributed by atoms with van der Waals surface area (Å²) in [6.45, 7) is 15.7. The van der Waals surface area contributed by atoms with Crippen LogP contribution >= 0.6 is 11.3 Å². The summed E-state index contributed by atoms with van der Waals surface area (Å²) < 4.78 is 3.34. The number of aromatic nitrogens is 2. The summed E-state index contributed by atoms with van der Waals surface area (Å²) in [5, 5.41) is 9.12. The molecule has 2 aromatic heterocycles. The van der Waals surface area contributed by atoms with Crippen molar-refractivity contribution in [1.29, 1.82) is 0 Å². The van der Waals surface area contributed by atoms with Crippen molar-refractivity contribution in [2.24, 2.45) is 0 Å². The number of carbonyl (C=O) groups excluding carboxylic acids is 1. The van der Waals surface area contributed by atoms with E-state index in [0.717, 1.165) is 36.6 Å². The van der Waals surface area contributed by atoms with Gasteiger partial charge >= 0.3 is 0 Å². The Hall–Kier alpha value is -2.18. The van der Waals surface area contributed by atoms with Crippen LogP contribution in [0.4, 0.5) is 0 Å². The molecule has 0 radical (unpaired) electrons. The van der Waals surface area contributed by atoms with E-state index in [9.17, 15) is 4.79 Å². The maximum Gasteiger partial charge on any atom is 0.261 e. The fourth-order valence-electron chi connectivity index (χ4n) is 4.83. The first-order valence-electron chi connectivity index (χ1n) is 11.4. The van der Waals surface area contributed by atoms with Gasteiger partial charge in [-0.05, 0) is 71.5 Å². The molecule has 0 bridgehead atoms. The van der Waals surface area contributed by atoms with Crippen LogP contribution in [0.25, 0.3) is 10.1 Å². The number of likely N-dealkylation sites (tertiary alicyclic amines) is 1. The minimum Gasteiger partial charge on any atom is -0.349 e. The van der Waals surface area contributed by atoms with E-state index in [2.05, 4.69) is 66.9 Å². The van der Waals surface area contributed by atoms with Crippen LogP contribution in [0, 0.1) is 13.8 Å². The summed E-state index contributed by atoms with van der Waals surface area (Å²) in [6.07, 6.45) is 1.08. The molecule has 5 nitrogen and oxygen atoms in total. The van der Waals surface area contributed by atoms with Gasteiger partial charge in [0.1, 0.15) is 0 Å². The fraction of sp³-hybridized carbons (Fsp3) is 0.520. The lowest BCUT2D eigenvalue weighted by molar-refractivity contribution is 0.0946. The van der Waals surface area contributed by atoms with Crippen LogP contribution < -0.4 is 5.32 Å². The Kier molecular flexibility index (Phi) is 6.22. The summed E-state index contributed by atoms with van der Waals surface area (Å²) in [6, 6.07) is 8.97. The summed E-state index contributed by atoms with van der Waals surface area (Å²) in [4.78, 5) is 16.4. The molecule has 1 N–H and O–H groups in total. The van der Waals surface area contributed by atoms with Crippen molar-refractivity contribution in [3.63, 3.8) is 0 Å². The number of carbonyl (C=O) groups is 1. The highest BCUT2D eigenvalue weighted by Gasteiger charge is 2.31. The predicted octanol–water partition coefficient (Wildman–Crippen LogP) is 5.42. The Morgan fingerprint density at radius 3 is 2.65 bits per heavy atom. The molecular formula is C25H34N4OS. The molecule has 0 aliphatic carbocycles. The molecule has 1 aromatic carbocycles. The number of hydrogen-bond acceptors (Lipinski definition) is 4. The molecule has 1 amide bonds. The number of nitrogens with zero attached hydrogens (tertiary/aromatic N) is 3. The van der Waals surface area contributed by atoms with Crippen molar-refractivity contribution in [2.45, 2.75) is 72.5 Å². The van der Waals surface area contributed by atoms with E-state index in [1.165, 1.54) is 26.9 Å². The molecule has 0 saturated carbocycles. The Morgan fingerprint density at radius 2 is 1.97 bits per heavy atom. The largest absolute Gasteiger partial charge is 0.349 e. The first-order valence-corrected chi connectivity index (χ1v) is 12.2. The third kappa shape index (κ3) is 4.28. The average molecular weight is 439 g/mol. The van der Waals surface area contributed by atoms with E-state index in [1.54, 1.807) is 11.3 Å². The molecule has 6 heteroatoms. The van der Waals surface area contributed by atoms with Gasteiger partial charge < -0.3 is 5.32 Å². The normalized spacial score (nSPS) is 17.4. The first kappa shape index (κ1) is 22.0. The van der Waals surface area contributed by atoms with E-state index >= 15 is 0 Å². The molecule has 1 unspecified atom stereocenters. The van der Waals surface area contributed by atoms with Gasteiger partial charge in [0.15, 0.2) is 0 Å². The van der Waals surface area contributed by atoms with Crippen LogP contribution in [0.2, 0.25) is 0 Å². The maximum atomic E-state index is 13.0. The zero-order chi connectivity index (χ0) is 22.3. The summed E-state index contributed by atoms with van der Waals surface area (Å²) in [5.41, 5.74) is 5.00. The zero-order valence-electron chi connectivity index (χ0n) is 19.5. The Balaban J connectivity index is 1.60. The summed E-state index contributed by atoms with van der Waals surface area (Å²) in [7, 11) is 0. The lowest BCUT2D eigenvalue weighted by atomic mass is 9.95. The van der Waals surface area contributed by atoms with Crippen molar-refractivity contribution < 1.29 is 4.79 Å². The van der Waals surface area contributed by atoms with Gasteiger partial charge in [-0.3, -0.25) is 14.4 Å². The molecule has 1 fully saturated rings. The zero-order valence-corrected chi connectivity index (χ0v) is 20.3. The van der Waals surface area contributed by atoms with Gasteiger partial charge in [0.25, 0.3) is 5.91 Å². The van der Waals surface area contributed by atoms with Crippen LogP contribution in [0.3, 0.4) is 0 Å². The Labute approximate surface area is 189 Å². The predicted molar refractivity (Wildman–Crippen MR) is 129 cm³/mol. The molecule has 1 aliphatic heterocycles. The van der Waals surface area contributed by atoms with Gasteiger partial charge in [0.05, 0.1) is 10.6 Å². The highest BCUT2D eigenvalue weighted by atomic mass is 32.1. The highest BCUT2D eigenvalue weighted by Crippen LogP contribution is 2.40. The van der Waals surface area contributed by atoms with Crippen LogP contribution in [-0.2, 0) is 6.54 Å². The van der Waals surface area contributed by atoms with Crippen molar-refractivity contribution in [3.05, 3.63) is 51.7 Å². The molecule has 3 heterocycles. The second kappa shape index (κ2) is 8.75. The quantitative estimate of drug-likeness (QED) is 0.559. The van der Waals surface area contributed by atoms with E-state index in [0.29, 0.717) is 12.0 Å². The fourth-order valence-corrected chi connectivity index (χ4v) is 6.02. The van der Waals surface area contributed by atoms with Gasteiger partial charge in [-0.2, -0.15) is 5.10 Å². The number of rotatable bonds is 6. The summed E-state index contributed by atoms with van der Waals surface area (Å²) in [5.74, 6) is 0.444. The van der Waals surface area contributed by atoms with Crippen molar-refractivity contribution in [1.82, 2.24) is 20.0 Å². The number of fused-ring (bicyclic) bond motifs is 1. The lowest BCUT2D eigenvalue weighted by Gasteiger charge is -2.18. The Bertz CT molecular complexity index is 1090. The van der Waals surface area contributed by atoms with Crippen LogP contribution in [0.15, 0.2) is 24.3 Å². The monoisotopic (exact) mass is 438 g/mol. The molecule has 1 aliphatic rings. The number of amides is 1. The van der Waals surface area contributed by atoms with E-state index in [-0.39, 0.29) is 11.9 Å². The number of hydrogen-bond donors (Lipinski definition) is 1. The van der Waals surface area contributed by atoms with Crippen molar-refractivity contribution in [2.75, 3.05) is 13.1 Å². The number of benzene rings is 1. The number of thiophene rings is 1. The minimum atomic E-state index is 0.0644. The van der Waals surface area contributed by atoms with Crippen LogP contribution in [0.5, 0.6) is 0 Å². The Morgan fingerprint density at radius 1 is 1.23 bits per heavy atom. The molecule has 4 rings (SSSR count). The number of aryl methyl sites for hydroxylation is 1. The first-order chi connectivity index (χ1) is 14.8. The van der Waals surface area contributed by atoms with Gasteiger partial charge in [-0.15, -0.1) is 11.3 Å². The third-order valence-electron chi connectivity index (χ3n) is 6.29. The number of nitrogens with one attached hydrogen (secondary N) is 1. The second-order valence-electron chi connectivity index (χ2n) is 9.38. The molecular weight excluding hydrogens is 404 g/mol. The standard InChI is InChI=1S/C25H34N4OS/c1-15(2)26-25(30)24-23(20-9-7-8-10-22(20)31-24)19-11-12-28(13-19)14-21-17(5)27-29(16(3)4)18(21)6/h7-10,15-16,19H,11-14H2,1-6H3,(H,26,30). The summed E-state index contributed by atoms with van der Waals surface area (Å²) >= 11 is 1.63. The topological polar surface area (TPSA) is 50.2 Å². The maximum absolute atomic E-state index is 13.0. The van der Waals surface area contributed by atoms with E-state index in [1.807, 2.05) is 13.8 Å². The third-order valence-corrected chi connectivity index (χ3v) is 7.47. The van der Waals surface area contributed by atoms with Crippen LogP contribution in [-0.4, -0.2) is 39.7 Å². The van der Waals surface area contributed by atoms with E-state index < -0.39 is 0 Å². The van der Waals surface area contributed by atoms with Crippen LogP contribution in [0.1, 0.15) is 78.3 Å². The molecule has 1 saturated heterocycles. The van der Waals surface area contributed by atoms with Crippen molar-refractivity contribution in [3.8, 4) is 0 Å². The van der Waals surface area contributed by atoms with E-state index in [4.69, 9.17) is 5.10 Å². The SMILES string of the molecule is Cc1nn(C(C)C)c(C)c1CN1CCC(c2c(C(=O)NC(C)C)sc3ccccc23)C1. The molecule has 31 heavy (non-hydrogen) atoms. The highest BCUT2D eigenvalue weighted by molar-refractivity contribution is 7.21. The van der Waals surface area contributed by atoms with Gasteiger partial charge in [-0.1, -0.05) is 18.2 Å². The van der Waals surface area contributed by atoms with Gasteiger partial charge in [0, 0.05) is 47.0 Å². The molecule has 0 spiro atoms. The average Bonchev–Trinajstić information content (AvgIpc) is 3.39. The van der Waals surface area contributed by atoms with Crippen molar-refractivity contribution >= 4 is 27.3 Å². The minimum absolute atomic E-state index is 0.0644. The van der Waals surface area contributed by atoms with Gasteiger partial charge in [0.2, 0.25) is 0 Å².